The van der Waals surface area contributed by atoms with Crippen LogP contribution in [0.1, 0.15) is 12.5 Å². The minimum absolute atomic E-state index is 0.0653. The summed E-state index contributed by atoms with van der Waals surface area (Å²) in [6.45, 7) is 5.27. The van der Waals surface area contributed by atoms with Gasteiger partial charge in [0.05, 0.1) is 6.54 Å². The van der Waals surface area contributed by atoms with Crippen LogP contribution >= 0.6 is 0 Å². The fraction of sp³-hybridized carbons (Fsp3) is 0.476. The van der Waals surface area contributed by atoms with Gasteiger partial charge in [-0.2, -0.15) is 4.98 Å². The summed E-state index contributed by atoms with van der Waals surface area (Å²) in [7, 11) is 1.57. The molecule has 0 radical (unpaired) electrons. The predicted octanol–water partition coefficient (Wildman–Crippen LogP) is -0.165. The van der Waals surface area contributed by atoms with E-state index < -0.39 is 17.4 Å². The highest BCUT2D eigenvalue weighted by Crippen LogP contribution is 2.21. The van der Waals surface area contributed by atoms with Gasteiger partial charge in [0.2, 0.25) is 5.95 Å². The lowest BCUT2D eigenvalue weighted by molar-refractivity contribution is 0.0936. The number of hydrogen-bond acceptors (Lipinski definition) is 7. The largest absolute Gasteiger partial charge is 0.491 e. The highest BCUT2D eigenvalue weighted by Gasteiger charge is 2.24. The van der Waals surface area contributed by atoms with Gasteiger partial charge < -0.3 is 24.6 Å². The van der Waals surface area contributed by atoms with Crippen LogP contribution in [0.5, 0.6) is 5.75 Å². The van der Waals surface area contributed by atoms with Gasteiger partial charge >= 0.3 is 5.69 Å². The standard InChI is InChI=1S/C21H28N6O4/c1-3-14-4-6-16(7-5-14)31-13-15(28)12-27-17-18(25(2)21(30)24-19(17)29)23-20(27)26-10-8-22-9-11-26/h4-7,15,22,28H,3,8-13H2,1-2H3,(H,24,29,30). The smallest absolute Gasteiger partial charge is 0.329 e. The van der Waals surface area contributed by atoms with Crippen molar-refractivity contribution in [1.82, 2.24) is 24.4 Å². The number of hydrogen-bond donors (Lipinski definition) is 3. The molecule has 1 aromatic carbocycles. The summed E-state index contributed by atoms with van der Waals surface area (Å²) >= 11 is 0. The van der Waals surface area contributed by atoms with E-state index in [2.05, 4.69) is 27.1 Å². The zero-order chi connectivity index (χ0) is 22.0. The molecule has 0 aliphatic carbocycles. The molecule has 4 rings (SSSR count). The molecule has 166 valence electrons. The van der Waals surface area contributed by atoms with Crippen molar-refractivity contribution in [2.45, 2.75) is 26.0 Å². The number of anilines is 1. The van der Waals surface area contributed by atoms with Crippen LogP contribution in [-0.2, 0) is 20.0 Å². The molecule has 3 N–H and O–H groups in total. The minimum Gasteiger partial charge on any atom is -0.491 e. The fourth-order valence-corrected chi connectivity index (χ4v) is 3.78. The fourth-order valence-electron chi connectivity index (χ4n) is 3.78. The number of aromatic nitrogens is 4. The molecule has 10 nitrogen and oxygen atoms in total. The molecule has 10 heteroatoms. The zero-order valence-corrected chi connectivity index (χ0v) is 17.8. The number of nitrogens with zero attached hydrogens (tertiary/aromatic N) is 4. The van der Waals surface area contributed by atoms with Crippen LogP contribution in [0.15, 0.2) is 33.9 Å². The van der Waals surface area contributed by atoms with E-state index in [1.807, 2.05) is 24.3 Å². The average molecular weight is 428 g/mol. The molecule has 1 fully saturated rings. The van der Waals surface area contributed by atoms with Crippen LogP contribution in [0.4, 0.5) is 5.95 Å². The first-order chi connectivity index (χ1) is 15.0. The van der Waals surface area contributed by atoms with Crippen LogP contribution in [-0.4, -0.2) is 63.1 Å². The molecule has 0 amide bonds. The van der Waals surface area contributed by atoms with Crippen LogP contribution in [0.3, 0.4) is 0 Å². The molecule has 0 bridgehead atoms. The Morgan fingerprint density at radius 1 is 1.19 bits per heavy atom. The van der Waals surface area contributed by atoms with E-state index >= 15 is 0 Å². The van der Waals surface area contributed by atoms with Gasteiger partial charge in [-0.25, -0.2) is 4.79 Å². The summed E-state index contributed by atoms with van der Waals surface area (Å²) in [5, 5.41) is 14.0. The van der Waals surface area contributed by atoms with Gasteiger partial charge in [0.15, 0.2) is 11.2 Å². The number of aryl methyl sites for hydroxylation is 2. The molecule has 1 aliphatic heterocycles. The molecule has 0 spiro atoms. The minimum atomic E-state index is -0.874. The third-order valence-corrected chi connectivity index (χ3v) is 5.55. The first-order valence-corrected chi connectivity index (χ1v) is 10.5. The van der Waals surface area contributed by atoms with Crippen molar-refractivity contribution in [2.24, 2.45) is 7.05 Å². The normalized spacial score (nSPS) is 15.4. The van der Waals surface area contributed by atoms with Crippen LogP contribution in [0.2, 0.25) is 0 Å². The van der Waals surface area contributed by atoms with Crippen molar-refractivity contribution < 1.29 is 9.84 Å². The van der Waals surface area contributed by atoms with Crippen molar-refractivity contribution >= 4 is 17.1 Å². The molecule has 2 aromatic heterocycles. The molecular formula is C21H28N6O4. The third kappa shape index (κ3) is 4.35. The van der Waals surface area contributed by atoms with Crippen LogP contribution < -0.4 is 26.2 Å². The molecule has 3 aromatic rings. The van der Waals surface area contributed by atoms with E-state index in [0.717, 1.165) is 19.5 Å². The maximum atomic E-state index is 12.6. The van der Waals surface area contributed by atoms with Gasteiger partial charge in [-0.15, -0.1) is 0 Å². The Kier molecular flexibility index (Phi) is 6.10. The highest BCUT2D eigenvalue weighted by atomic mass is 16.5. The molecule has 3 heterocycles. The number of aliphatic hydroxyl groups is 1. The predicted molar refractivity (Wildman–Crippen MR) is 118 cm³/mol. The SMILES string of the molecule is CCc1ccc(OCC(O)Cn2c(N3CCNCC3)nc3c2c(=O)[nH]c(=O)n3C)cc1. The number of imidazole rings is 1. The Labute approximate surface area is 179 Å². The van der Waals surface area contributed by atoms with Gasteiger partial charge in [-0.3, -0.25) is 14.3 Å². The van der Waals surface area contributed by atoms with E-state index in [1.54, 1.807) is 11.6 Å². The summed E-state index contributed by atoms with van der Waals surface area (Å²) in [6.07, 6.45) is 0.0733. The second-order valence-electron chi connectivity index (χ2n) is 7.71. The Balaban J connectivity index is 1.62. The van der Waals surface area contributed by atoms with Gasteiger partial charge in [-0.1, -0.05) is 19.1 Å². The van der Waals surface area contributed by atoms with Crippen molar-refractivity contribution in [3.8, 4) is 5.75 Å². The van der Waals surface area contributed by atoms with E-state index in [-0.39, 0.29) is 18.7 Å². The first kappa shape index (κ1) is 21.1. The maximum Gasteiger partial charge on any atom is 0.329 e. The lowest BCUT2D eigenvalue weighted by Gasteiger charge is -2.29. The number of ether oxygens (including phenoxy) is 1. The molecular weight excluding hydrogens is 400 g/mol. The van der Waals surface area contributed by atoms with Gasteiger partial charge in [0, 0.05) is 33.2 Å². The topological polar surface area (TPSA) is 117 Å². The second-order valence-corrected chi connectivity index (χ2v) is 7.71. The number of nitrogens with one attached hydrogen (secondary N) is 2. The number of piperazine rings is 1. The van der Waals surface area contributed by atoms with Crippen LogP contribution in [0.25, 0.3) is 11.2 Å². The summed E-state index contributed by atoms with van der Waals surface area (Å²) in [5.41, 5.74) is 0.736. The Morgan fingerprint density at radius 2 is 1.90 bits per heavy atom. The van der Waals surface area contributed by atoms with Crippen LogP contribution in [0, 0.1) is 0 Å². The van der Waals surface area contributed by atoms with Crippen molar-refractivity contribution in [1.29, 1.82) is 0 Å². The molecule has 1 saturated heterocycles. The number of aromatic amines is 1. The summed E-state index contributed by atoms with van der Waals surface area (Å²) in [5.74, 6) is 1.24. The molecule has 1 atom stereocenters. The number of H-pyrrole nitrogens is 1. The lowest BCUT2D eigenvalue weighted by Crippen LogP contribution is -2.45. The van der Waals surface area contributed by atoms with Gasteiger partial charge in [-0.05, 0) is 24.1 Å². The average Bonchev–Trinajstić information content (AvgIpc) is 3.17. The monoisotopic (exact) mass is 428 g/mol. The molecule has 0 saturated carbocycles. The Morgan fingerprint density at radius 3 is 2.58 bits per heavy atom. The summed E-state index contributed by atoms with van der Waals surface area (Å²) < 4.78 is 8.74. The quantitative estimate of drug-likeness (QED) is 0.478. The van der Waals surface area contributed by atoms with Crippen molar-refractivity contribution in [3.05, 3.63) is 50.7 Å². The Bertz CT molecular complexity index is 1160. The number of fused-ring (bicyclic) bond motifs is 1. The van der Waals surface area contributed by atoms with E-state index in [0.29, 0.717) is 30.4 Å². The lowest BCUT2D eigenvalue weighted by atomic mass is 10.2. The number of benzene rings is 1. The number of rotatable bonds is 7. The van der Waals surface area contributed by atoms with Crippen molar-refractivity contribution in [2.75, 3.05) is 37.7 Å². The third-order valence-electron chi connectivity index (χ3n) is 5.55. The Hall–Kier alpha value is -3.11. The second kappa shape index (κ2) is 8.94. The van der Waals surface area contributed by atoms with E-state index in [4.69, 9.17) is 4.74 Å². The zero-order valence-electron chi connectivity index (χ0n) is 17.8. The first-order valence-electron chi connectivity index (χ1n) is 10.5. The van der Waals surface area contributed by atoms with E-state index in [1.165, 1.54) is 10.1 Å². The van der Waals surface area contributed by atoms with Crippen molar-refractivity contribution in [3.63, 3.8) is 0 Å². The van der Waals surface area contributed by atoms with E-state index in [9.17, 15) is 14.7 Å². The summed E-state index contributed by atoms with van der Waals surface area (Å²) in [4.78, 5) is 33.6. The summed E-state index contributed by atoms with van der Waals surface area (Å²) in [6, 6.07) is 7.75. The molecule has 1 unspecified atom stereocenters. The van der Waals surface area contributed by atoms with Gasteiger partial charge in [0.25, 0.3) is 5.56 Å². The highest BCUT2D eigenvalue weighted by molar-refractivity contribution is 5.74. The number of aliphatic hydroxyl groups excluding tert-OH is 1. The maximum absolute atomic E-state index is 12.6. The molecule has 1 aliphatic rings. The van der Waals surface area contributed by atoms with Gasteiger partial charge in [0.1, 0.15) is 18.5 Å². The molecule has 31 heavy (non-hydrogen) atoms.